The smallest absolute Gasteiger partial charge is 0.343 e. The molecule has 0 aromatic heterocycles. The molecule has 0 amide bonds. The summed E-state index contributed by atoms with van der Waals surface area (Å²) in [5.74, 6) is -3.20. The molecule has 0 aliphatic carbocycles. The molecule has 7 aromatic carbocycles. The van der Waals surface area contributed by atoms with Gasteiger partial charge in [0.15, 0.2) is 0 Å². The van der Waals surface area contributed by atoms with Crippen LogP contribution in [0, 0.1) is 0 Å². The van der Waals surface area contributed by atoms with Crippen LogP contribution < -0.4 is 18.9 Å². The van der Waals surface area contributed by atoms with E-state index in [0.717, 1.165) is 35.1 Å². The van der Waals surface area contributed by atoms with Crippen LogP contribution in [0.25, 0.3) is 22.3 Å². The van der Waals surface area contributed by atoms with Crippen molar-refractivity contribution in [3.63, 3.8) is 0 Å². The molecule has 10 heteroatoms. The van der Waals surface area contributed by atoms with Gasteiger partial charge in [-0.05, 0) is 144 Å². The summed E-state index contributed by atoms with van der Waals surface area (Å²) in [7, 11) is 1.20. The van der Waals surface area contributed by atoms with Gasteiger partial charge in [-0.15, -0.1) is 0 Å². The zero-order valence-corrected chi connectivity index (χ0v) is 56.7. The number of carbonyl (C=O) groups is 5. The number of esters is 5. The van der Waals surface area contributed by atoms with Gasteiger partial charge < -0.3 is 23.7 Å². The van der Waals surface area contributed by atoms with Crippen LogP contribution in [0.1, 0.15) is 282 Å². The van der Waals surface area contributed by atoms with E-state index >= 15 is 0 Å². The predicted octanol–water partition coefficient (Wildman–Crippen LogP) is 23.3. The average molecular weight is 1270 g/mol. The lowest BCUT2D eigenvalue weighted by molar-refractivity contribution is 0.0593. The van der Waals surface area contributed by atoms with Crippen LogP contribution in [0.3, 0.4) is 0 Å². The third kappa shape index (κ3) is 27.1. The third-order valence-corrected chi connectivity index (χ3v) is 17.8. The topological polar surface area (TPSA) is 132 Å². The van der Waals surface area contributed by atoms with Gasteiger partial charge in [-0.25, -0.2) is 24.0 Å². The monoisotopic (exact) mass is 1270 g/mol. The summed E-state index contributed by atoms with van der Waals surface area (Å²) in [4.78, 5) is 65.8. The van der Waals surface area contributed by atoms with Crippen molar-refractivity contribution >= 4 is 29.8 Å². The fourth-order valence-corrected chi connectivity index (χ4v) is 12.0. The summed E-state index contributed by atoms with van der Waals surface area (Å²) in [5, 5.41) is 0. The third-order valence-electron chi connectivity index (χ3n) is 17.8. The van der Waals surface area contributed by atoms with Gasteiger partial charge in [0.1, 0.15) is 23.0 Å². The normalized spacial score (nSPS) is 11.1. The molecule has 0 saturated carbocycles. The summed E-state index contributed by atoms with van der Waals surface area (Å²) in [6, 6.07) is 47.4. The van der Waals surface area contributed by atoms with Crippen molar-refractivity contribution < 1.29 is 47.7 Å². The molecule has 0 saturated heterocycles. The summed E-state index contributed by atoms with van der Waals surface area (Å²) < 4.78 is 27.5. The molecule has 94 heavy (non-hydrogen) atoms. The Morgan fingerprint density at radius 3 is 0.713 bits per heavy atom. The van der Waals surface area contributed by atoms with Gasteiger partial charge in [-0.1, -0.05) is 279 Å². The SMILES string of the molecule is CCCCCCCCCCCCCCCCCCc1ccc(-c2ccc(C(=O)Oc3ccc(C(=O)Oc4cc(OC(=O)c5ccc(OC(=O)c6ccc(-c7ccc(CCCCCCCCCCCCCCCCCC)cc7)cc6)cc5)cc(C(=O)OC)c4)cc3)cc2)cc1. The number of hydrogen-bond acceptors (Lipinski definition) is 10. The summed E-state index contributed by atoms with van der Waals surface area (Å²) >= 11 is 0. The van der Waals surface area contributed by atoms with E-state index < -0.39 is 29.8 Å². The second-order valence-electron chi connectivity index (χ2n) is 25.4. The quantitative estimate of drug-likeness (QED) is 0.0206. The Labute approximate surface area is 561 Å². The first-order chi connectivity index (χ1) is 46.1. The minimum atomic E-state index is -0.789. The van der Waals surface area contributed by atoms with Crippen LogP contribution in [-0.4, -0.2) is 37.0 Å². The molecule has 0 spiro atoms. The standard InChI is InChI=1S/C84H104O10/c1-4-6-8-10-12-14-16-18-20-22-24-26-28-30-32-34-36-65-38-42-67(43-39-65)69-46-50-71(51-47-69)81(86)91-76-58-54-73(55-59-76)83(88)93-78-62-75(80(85)90-3)63-79(64-78)94-84(89)74-56-60-77(61-57-74)92-82(87)72-52-48-70(49-53-72)68-44-40-66(41-45-68)37-35-33-31-29-27-25-23-21-19-17-15-13-11-9-7-5-2/h38-64H,4-37H2,1-3H3. The van der Waals surface area contributed by atoms with E-state index in [4.69, 9.17) is 23.7 Å². The highest BCUT2D eigenvalue weighted by molar-refractivity contribution is 5.96. The molecule has 0 aliphatic rings. The van der Waals surface area contributed by atoms with Gasteiger partial charge >= 0.3 is 29.8 Å². The Hall–Kier alpha value is -8.11. The number of benzene rings is 7. The Morgan fingerprint density at radius 1 is 0.234 bits per heavy atom. The maximum atomic E-state index is 13.4. The van der Waals surface area contributed by atoms with Crippen LogP contribution in [0.4, 0.5) is 0 Å². The average Bonchev–Trinajstić information content (AvgIpc) is 0.948. The van der Waals surface area contributed by atoms with E-state index in [-0.39, 0.29) is 39.7 Å². The Morgan fingerprint density at radius 2 is 0.457 bits per heavy atom. The zero-order chi connectivity index (χ0) is 66.2. The number of carbonyl (C=O) groups excluding carboxylic acids is 5. The number of ether oxygens (including phenoxy) is 5. The Balaban J connectivity index is 0.782. The molecule has 10 nitrogen and oxygen atoms in total. The number of methoxy groups -OCH3 is 1. The highest BCUT2D eigenvalue weighted by Crippen LogP contribution is 2.29. The lowest BCUT2D eigenvalue weighted by Crippen LogP contribution is -2.12. The van der Waals surface area contributed by atoms with Crippen molar-refractivity contribution in [1.29, 1.82) is 0 Å². The van der Waals surface area contributed by atoms with E-state index in [1.807, 2.05) is 24.3 Å². The molecule has 0 heterocycles. The minimum Gasteiger partial charge on any atom is -0.465 e. The molecule has 0 atom stereocenters. The van der Waals surface area contributed by atoms with Crippen molar-refractivity contribution in [2.24, 2.45) is 0 Å². The largest absolute Gasteiger partial charge is 0.465 e. The number of unbranched alkanes of at least 4 members (excludes halogenated alkanes) is 30. The van der Waals surface area contributed by atoms with Crippen molar-refractivity contribution in [2.45, 2.75) is 232 Å². The van der Waals surface area contributed by atoms with Gasteiger partial charge in [-0.3, -0.25) is 0 Å². The lowest BCUT2D eigenvalue weighted by Gasteiger charge is -2.11. The van der Waals surface area contributed by atoms with Crippen LogP contribution >= 0.6 is 0 Å². The molecule has 0 N–H and O–H groups in total. The number of aryl methyl sites for hydroxylation is 2. The van der Waals surface area contributed by atoms with E-state index in [1.54, 1.807) is 24.3 Å². The van der Waals surface area contributed by atoms with Gasteiger partial charge in [0.05, 0.1) is 34.9 Å². The van der Waals surface area contributed by atoms with Gasteiger partial charge in [0, 0.05) is 6.07 Å². The second-order valence-corrected chi connectivity index (χ2v) is 25.4. The molecular weight excluding hydrogens is 1170 g/mol. The van der Waals surface area contributed by atoms with Crippen LogP contribution in [0.2, 0.25) is 0 Å². The van der Waals surface area contributed by atoms with Crippen LogP contribution in [-0.2, 0) is 17.6 Å². The van der Waals surface area contributed by atoms with Crippen molar-refractivity contribution in [1.82, 2.24) is 0 Å². The van der Waals surface area contributed by atoms with Gasteiger partial charge in [0.2, 0.25) is 0 Å². The fourth-order valence-electron chi connectivity index (χ4n) is 12.0. The first-order valence-electron chi connectivity index (χ1n) is 35.8. The first-order valence-corrected chi connectivity index (χ1v) is 35.8. The highest BCUT2D eigenvalue weighted by atomic mass is 16.6. The summed E-state index contributed by atoms with van der Waals surface area (Å²) in [6.07, 6.45) is 45.8. The van der Waals surface area contributed by atoms with Crippen molar-refractivity contribution in [3.8, 4) is 45.3 Å². The number of rotatable bonds is 45. The maximum Gasteiger partial charge on any atom is 0.343 e. The second kappa shape index (κ2) is 43.0. The molecule has 0 radical (unpaired) electrons. The van der Waals surface area contributed by atoms with E-state index in [9.17, 15) is 24.0 Å². The zero-order valence-electron chi connectivity index (χ0n) is 56.7. The Kier molecular flexibility index (Phi) is 33.5. The molecule has 7 aromatic rings. The predicted molar refractivity (Wildman–Crippen MR) is 381 cm³/mol. The summed E-state index contributed by atoms with van der Waals surface area (Å²) in [6.45, 7) is 4.56. The van der Waals surface area contributed by atoms with E-state index in [0.29, 0.717) is 11.1 Å². The number of hydrogen-bond donors (Lipinski definition) is 0. The van der Waals surface area contributed by atoms with E-state index in [2.05, 4.69) is 62.4 Å². The van der Waals surface area contributed by atoms with Gasteiger partial charge in [-0.2, -0.15) is 0 Å². The fraction of sp³-hybridized carbons (Fsp3) is 0.440. The first kappa shape index (κ1) is 73.3. The van der Waals surface area contributed by atoms with Crippen LogP contribution in [0.5, 0.6) is 23.0 Å². The minimum absolute atomic E-state index is 0.0382. The molecule has 0 aliphatic heterocycles. The Bertz CT molecular complexity index is 3100. The molecular formula is C84H104O10. The van der Waals surface area contributed by atoms with Gasteiger partial charge in [0.25, 0.3) is 0 Å². The van der Waals surface area contributed by atoms with Crippen molar-refractivity contribution in [3.05, 3.63) is 203 Å². The summed E-state index contributed by atoms with van der Waals surface area (Å²) in [5.41, 5.74) is 7.74. The molecule has 500 valence electrons. The van der Waals surface area contributed by atoms with Crippen molar-refractivity contribution in [2.75, 3.05) is 7.11 Å². The maximum absolute atomic E-state index is 13.4. The van der Waals surface area contributed by atoms with E-state index in [1.165, 1.54) is 290 Å². The lowest BCUT2D eigenvalue weighted by atomic mass is 10.00. The van der Waals surface area contributed by atoms with Crippen LogP contribution in [0.15, 0.2) is 164 Å². The molecule has 0 bridgehead atoms. The highest BCUT2D eigenvalue weighted by Gasteiger charge is 2.19. The molecule has 0 fully saturated rings. The molecule has 0 unspecified atom stereocenters. The molecule has 7 rings (SSSR count).